The van der Waals surface area contributed by atoms with E-state index < -0.39 is 0 Å². The summed E-state index contributed by atoms with van der Waals surface area (Å²) < 4.78 is 14.3. The standard InChI is InChI=1S/C15H13Br3O2/c16-11-2-4-14(5-3-11)19-6-1-7-20-15-9-12(17)8-13(18)10-15/h2-5,8-10H,1,6-7H2. The fraction of sp³-hybridized carbons (Fsp3) is 0.200. The molecule has 20 heavy (non-hydrogen) atoms. The van der Waals surface area contributed by atoms with Crippen LogP contribution in [0.4, 0.5) is 0 Å². The highest BCUT2D eigenvalue weighted by atomic mass is 79.9. The largest absolute Gasteiger partial charge is 0.493 e. The van der Waals surface area contributed by atoms with Gasteiger partial charge in [-0.15, -0.1) is 0 Å². The predicted molar refractivity (Wildman–Crippen MR) is 91.6 cm³/mol. The zero-order valence-corrected chi connectivity index (χ0v) is 15.4. The van der Waals surface area contributed by atoms with Crippen LogP contribution in [-0.2, 0) is 0 Å². The van der Waals surface area contributed by atoms with Crippen molar-refractivity contribution >= 4 is 47.8 Å². The maximum absolute atomic E-state index is 5.68. The van der Waals surface area contributed by atoms with E-state index >= 15 is 0 Å². The highest BCUT2D eigenvalue weighted by Crippen LogP contribution is 2.25. The second kappa shape index (κ2) is 8.05. The molecule has 0 spiro atoms. The molecule has 0 heterocycles. The number of hydrogen-bond donors (Lipinski definition) is 0. The number of benzene rings is 2. The molecule has 0 unspecified atom stereocenters. The van der Waals surface area contributed by atoms with Crippen molar-refractivity contribution in [3.05, 3.63) is 55.9 Å². The average molecular weight is 465 g/mol. The van der Waals surface area contributed by atoms with Gasteiger partial charge in [0.05, 0.1) is 13.2 Å². The highest BCUT2D eigenvalue weighted by molar-refractivity contribution is 9.11. The van der Waals surface area contributed by atoms with Crippen LogP contribution in [0.25, 0.3) is 0 Å². The van der Waals surface area contributed by atoms with E-state index in [4.69, 9.17) is 9.47 Å². The third-order valence-electron chi connectivity index (χ3n) is 2.48. The van der Waals surface area contributed by atoms with Crippen LogP contribution in [0.5, 0.6) is 11.5 Å². The van der Waals surface area contributed by atoms with Gasteiger partial charge in [0.15, 0.2) is 0 Å². The van der Waals surface area contributed by atoms with Crippen LogP contribution >= 0.6 is 47.8 Å². The van der Waals surface area contributed by atoms with Crippen molar-refractivity contribution in [1.82, 2.24) is 0 Å². The molecular formula is C15H13Br3O2. The summed E-state index contributed by atoms with van der Waals surface area (Å²) >= 11 is 10.3. The molecule has 2 aromatic carbocycles. The lowest BCUT2D eigenvalue weighted by Crippen LogP contribution is -2.05. The van der Waals surface area contributed by atoms with Crippen molar-refractivity contribution in [3.63, 3.8) is 0 Å². The molecular weight excluding hydrogens is 452 g/mol. The van der Waals surface area contributed by atoms with E-state index in [1.807, 2.05) is 42.5 Å². The van der Waals surface area contributed by atoms with Crippen LogP contribution < -0.4 is 9.47 Å². The summed E-state index contributed by atoms with van der Waals surface area (Å²) in [6.45, 7) is 1.26. The van der Waals surface area contributed by atoms with Crippen molar-refractivity contribution < 1.29 is 9.47 Å². The van der Waals surface area contributed by atoms with Crippen molar-refractivity contribution in [2.24, 2.45) is 0 Å². The lowest BCUT2D eigenvalue weighted by atomic mass is 10.3. The Balaban J connectivity index is 1.70. The number of rotatable bonds is 6. The molecule has 2 nitrogen and oxygen atoms in total. The summed E-state index contributed by atoms with van der Waals surface area (Å²) in [4.78, 5) is 0. The minimum Gasteiger partial charge on any atom is -0.493 e. The Morgan fingerprint density at radius 1 is 0.650 bits per heavy atom. The lowest BCUT2D eigenvalue weighted by molar-refractivity contribution is 0.247. The summed E-state index contributed by atoms with van der Waals surface area (Å²) in [6.07, 6.45) is 0.834. The molecule has 5 heteroatoms. The van der Waals surface area contributed by atoms with E-state index in [2.05, 4.69) is 47.8 Å². The van der Waals surface area contributed by atoms with Gasteiger partial charge >= 0.3 is 0 Å². The second-order valence-corrected chi connectivity index (χ2v) is 6.86. The SMILES string of the molecule is Brc1ccc(OCCCOc2cc(Br)cc(Br)c2)cc1. The smallest absolute Gasteiger partial charge is 0.121 e. The lowest BCUT2D eigenvalue weighted by Gasteiger charge is -2.09. The molecule has 0 aliphatic rings. The summed E-state index contributed by atoms with van der Waals surface area (Å²) in [5.74, 6) is 1.72. The first-order valence-corrected chi connectivity index (χ1v) is 8.48. The topological polar surface area (TPSA) is 18.5 Å². The molecule has 2 aromatic rings. The first-order valence-electron chi connectivity index (χ1n) is 6.11. The van der Waals surface area contributed by atoms with Gasteiger partial charge in [0.1, 0.15) is 11.5 Å². The summed E-state index contributed by atoms with van der Waals surface area (Å²) in [5.41, 5.74) is 0. The quantitative estimate of drug-likeness (QED) is 0.501. The van der Waals surface area contributed by atoms with Gasteiger partial charge < -0.3 is 9.47 Å². The monoisotopic (exact) mass is 462 g/mol. The van der Waals surface area contributed by atoms with Crippen molar-refractivity contribution in [3.8, 4) is 11.5 Å². The molecule has 0 aliphatic carbocycles. The fourth-order valence-corrected chi connectivity index (χ4v) is 3.10. The molecule has 0 amide bonds. The zero-order valence-electron chi connectivity index (χ0n) is 10.6. The maximum Gasteiger partial charge on any atom is 0.121 e. The Morgan fingerprint density at radius 2 is 1.20 bits per heavy atom. The maximum atomic E-state index is 5.68. The molecule has 0 saturated heterocycles. The first-order chi connectivity index (χ1) is 9.63. The van der Waals surface area contributed by atoms with Crippen molar-refractivity contribution in [2.75, 3.05) is 13.2 Å². The van der Waals surface area contributed by atoms with E-state index in [1.165, 1.54) is 0 Å². The Hall–Kier alpha value is -0.520. The third-order valence-corrected chi connectivity index (χ3v) is 3.92. The van der Waals surface area contributed by atoms with Gasteiger partial charge in [0.25, 0.3) is 0 Å². The normalized spacial score (nSPS) is 10.3. The highest BCUT2D eigenvalue weighted by Gasteiger charge is 1.99. The molecule has 0 saturated carbocycles. The Morgan fingerprint density at radius 3 is 1.80 bits per heavy atom. The molecule has 0 radical (unpaired) electrons. The third kappa shape index (κ3) is 5.46. The summed E-state index contributed by atoms with van der Waals surface area (Å²) in [7, 11) is 0. The van der Waals surface area contributed by atoms with Gasteiger partial charge in [0.2, 0.25) is 0 Å². The molecule has 0 atom stereocenters. The predicted octanol–water partition coefficient (Wildman–Crippen LogP) is 5.82. The van der Waals surface area contributed by atoms with Gasteiger partial charge in [-0.25, -0.2) is 0 Å². The summed E-state index contributed by atoms with van der Waals surface area (Å²) in [6, 6.07) is 13.7. The molecule has 2 rings (SSSR count). The van der Waals surface area contributed by atoms with E-state index in [9.17, 15) is 0 Å². The van der Waals surface area contributed by atoms with Gasteiger partial charge in [-0.1, -0.05) is 47.8 Å². The van der Waals surface area contributed by atoms with Gasteiger partial charge in [-0.05, 0) is 42.5 Å². The fourth-order valence-electron chi connectivity index (χ4n) is 1.58. The minimum atomic E-state index is 0.624. The molecule has 0 aromatic heterocycles. The summed E-state index contributed by atoms with van der Waals surface area (Å²) in [5, 5.41) is 0. The second-order valence-electron chi connectivity index (χ2n) is 4.11. The number of halogens is 3. The van der Waals surface area contributed by atoms with Gasteiger partial charge in [-0.3, -0.25) is 0 Å². The van der Waals surface area contributed by atoms with E-state index in [1.54, 1.807) is 0 Å². The molecule has 0 bridgehead atoms. The van der Waals surface area contributed by atoms with Crippen LogP contribution in [0.2, 0.25) is 0 Å². The number of hydrogen-bond acceptors (Lipinski definition) is 2. The van der Waals surface area contributed by atoms with E-state index in [0.29, 0.717) is 13.2 Å². The molecule has 0 aliphatic heterocycles. The Labute approximate surface area is 143 Å². The Kier molecular flexibility index (Phi) is 6.39. The van der Waals surface area contributed by atoms with Crippen LogP contribution in [0.15, 0.2) is 55.9 Å². The minimum absolute atomic E-state index is 0.624. The first kappa shape index (κ1) is 15.9. The number of ether oxygens (including phenoxy) is 2. The molecule has 0 N–H and O–H groups in total. The van der Waals surface area contributed by atoms with Crippen LogP contribution in [-0.4, -0.2) is 13.2 Å². The van der Waals surface area contributed by atoms with Crippen LogP contribution in [0.1, 0.15) is 6.42 Å². The van der Waals surface area contributed by atoms with E-state index in [-0.39, 0.29) is 0 Å². The van der Waals surface area contributed by atoms with Gasteiger partial charge in [0, 0.05) is 19.8 Å². The molecule has 0 fully saturated rings. The van der Waals surface area contributed by atoms with Gasteiger partial charge in [-0.2, -0.15) is 0 Å². The average Bonchev–Trinajstić information content (AvgIpc) is 2.39. The zero-order chi connectivity index (χ0) is 14.4. The molecule has 106 valence electrons. The van der Waals surface area contributed by atoms with Crippen LogP contribution in [0.3, 0.4) is 0 Å². The van der Waals surface area contributed by atoms with Crippen molar-refractivity contribution in [1.29, 1.82) is 0 Å². The van der Waals surface area contributed by atoms with Crippen molar-refractivity contribution in [2.45, 2.75) is 6.42 Å². The van der Waals surface area contributed by atoms with E-state index in [0.717, 1.165) is 31.3 Å². The Bertz CT molecular complexity index is 535. The van der Waals surface area contributed by atoms with Crippen LogP contribution in [0, 0.1) is 0 Å².